The molecule has 1 fully saturated rings. The van der Waals surface area contributed by atoms with Crippen molar-refractivity contribution in [2.45, 2.75) is 26.2 Å². The molecule has 2 aromatic carbocycles. The SMILES string of the molecule is CCc1c(C(=O)NN2CCOCC2)nc(-c2ccc(Cl)cc2Cl)n1-c1ccc(C#CCCC#N)cc1. The van der Waals surface area contributed by atoms with Crippen molar-refractivity contribution >= 4 is 29.1 Å². The van der Waals surface area contributed by atoms with Crippen LogP contribution in [0.1, 0.15) is 41.5 Å². The Morgan fingerprint density at radius 1 is 1.14 bits per heavy atom. The van der Waals surface area contributed by atoms with Crippen molar-refractivity contribution in [1.29, 1.82) is 5.26 Å². The normalized spacial score (nSPS) is 13.5. The van der Waals surface area contributed by atoms with Crippen molar-refractivity contribution < 1.29 is 9.53 Å². The number of hydrogen-bond acceptors (Lipinski definition) is 5. The highest BCUT2D eigenvalue weighted by Crippen LogP contribution is 2.33. The van der Waals surface area contributed by atoms with Crippen LogP contribution in [0.5, 0.6) is 0 Å². The van der Waals surface area contributed by atoms with Gasteiger partial charge in [0.2, 0.25) is 0 Å². The van der Waals surface area contributed by atoms with Crippen LogP contribution in [0, 0.1) is 23.2 Å². The molecule has 0 atom stereocenters. The number of carbonyl (C=O) groups is 1. The van der Waals surface area contributed by atoms with Crippen LogP contribution >= 0.6 is 23.2 Å². The average molecular weight is 522 g/mol. The van der Waals surface area contributed by atoms with Gasteiger partial charge in [0.15, 0.2) is 5.69 Å². The van der Waals surface area contributed by atoms with Crippen LogP contribution in [0.15, 0.2) is 42.5 Å². The maximum absolute atomic E-state index is 13.3. The molecule has 1 aromatic heterocycles. The highest BCUT2D eigenvalue weighted by atomic mass is 35.5. The number of halogens is 2. The van der Waals surface area contributed by atoms with Gasteiger partial charge in [-0.3, -0.25) is 14.8 Å². The summed E-state index contributed by atoms with van der Waals surface area (Å²) in [6.07, 6.45) is 1.50. The molecule has 36 heavy (non-hydrogen) atoms. The zero-order chi connectivity index (χ0) is 25.5. The highest BCUT2D eigenvalue weighted by Gasteiger charge is 2.26. The van der Waals surface area contributed by atoms with E-state index in [-0.39, 0.29) is 5.91 Å². The lowest BCUT2D eigenvalue weighted by Crippen LogP contribution is -2.48. The molecule has 0 spiro atoms. The molecule has 1 saturated heterocycles. The van der Waals surface area contributed by atoms with Crippen molar-refractivity contribution in [3.05, 3.63) is 69.5 Å². The number of amides is 1. The molecule has 1 aliphatic rings. The first-order valence-electron chi connectivity index (χ1n) is 11.7. The van der Waals surface area contributed by atoms with Crippen LogP contribution in [0.25, 0.3) is 17.1 Å². The van der Waals surface area contributed by atoms with Crippen LogP contribution in [-0.2, 0) is 11.2 Å². The van der Waals surface area contributed by atoms with Crippen LogP contribution < -0.4 is 5.43 Å². The molecule has 0 bridgehead atoms. The molecular weight excluding hydrogens is 497 g/mol. The second-order valence-electron chi connectivity index (χ2n) is 8.09. The first-order chi connectivity index (χ1) is 17.5. The lowest BCUT2D eigenvalue weighted by molar-refractivity contribution is 0.0124. The molecule has 9 heteroatoms. The van der Waals surface area contributed by atoms with Crippen molar-refractivity contribution in [3.8, 4) is 35.0 Å². The molecule has 1 aliphatic heterocycles. The van der Waals surface area contributed by atoms with E-state index in [0.29, 0.717) is 72.7 Å². The van der Waals surface area contributed by atoms with Crippen LogP contribution in [-0.4, -0.2) is 46.8 Å². The van der Waals surface area contributed by atoms with E-state index in [9.17, 15) is 4.79 Å². The summed E-state index contributed by atoms with van der Waals surface area (Å²) in [6, 6.07) is 15.0. The summed E-state index contributed by atoms with van der Waals surface area (Å²) in [5, 5.41) is 11.5. The molecule has 3 aromatic rings. The molecule has 4 rings (SSSR count). The summed E-state index contributed by atoms with van der Waals surface area (Å²) in [5.74, 6) is 6.35. The molecule has 184 valence electrons. The first-order valence-corrected chi connectivity index (χ1v) is 12.4. The summed E-state index contributed by atoms with van der Waals surface area (Å²) in [5.41, 5.74) is 6.39. The second-order valence-corrected chi connectivity index (χ2v) is 8.93. The largest absolute Gasteiger partial charge is 0.379 e. The number of aromatic nitrogens is 2. The Hall–Kier alpha value is -3.33. The monoisotopic (exact) mass is 521 g/mol. The van der Waals surface area contributed by atoms with Gasteiger partial charge in [0.05, 0.1) is 30.0 Å². The van der Waals surface area contributed by atoms with E-state index in [1.807, 2.05) is 46.8 Å². The fraction of sp³-hybridized carbons (Fsp3) is 0.296. The number of ether oxygens (including phenoxy) is 1. The Bertz CT molecular complexity index is 1340. The molecule has 0 unspecified atom stereocenters. The number of carbonyl (C=O) groups excluding carboxylic acids is 1. The van der Waals surface area contributed by atoms with E-state index < -0.39 is 0 Å². The van der Waals surface area contributed by atoms with Crippen molar-refractivity contribution in [2.24, 2.45) is 0 Å². The van der Waals surface area contributed by atoms with E-state index in [4.69, 9.17) is 38.2 Å². The topological polar surface area (TPSA) is 83.2 Å². The third-order valence-corrected chi connectivity index (χ3v) is 6.23. The smallest absolute Gasteiger partial charge is 0.286 e. The van der Waals surface area contributed by atoms with E-state index in [1.165, 1.54) is 0 Å². The second kappa shape index (κ2) is 12.1. The maximum atomic E-state index is 13.3. The standard InChI is InChI=1S/C27H25Cl2N5O2/c1-2-24-25(27(35)32-33-14-16-36-17-15-33)31-26(22-12-9-20(28)18-23(22)29)34(24)21-10-7-19(8-11-21)6-4-3-5-13-30/h7-12,18H,2-3,5,14-17H2,1H3,(H,32,35). The molecule has 2 heterocycles. The van der Waals surface area contributed by atoms with Crippen molar-refractivity contribution in [3.63, 3.8) is 0 Å². The number of unbranched alkanes of at least 4 members (excludes halogenated alkanes) is 1. The minimum atomic E-state index is -0.279. The minimum absolute atomic E-state index is 0.279. The van der Waals surface area contributed by atoms with Gasteiger partial charge in [-0.05, 0) is 48.9 Å². The van der Waals surface area contributed by atoms with E-state index >= 15 is 0 Å². The van der Waals surface area contributed by atoms with Gasteiger partial charge in [-0.15, -0.1) is 0 Å². The molecule has 1 N–H and O–H groups in total. The summed E-state index contributed by atoms with van der Waals surface area (Å²) in [7, 11) is 0. The summed E-state index contributed by atoms with van der Waals surface area (Å²) in [4.78, 5) is 18.1. The third kappa shape index (κ3) is 5.90. The highest BCUT2D eigenvalue weighted by molar-refractivity contribution is 6.36. The van der Waals surface area contributed by atoms with E-state index in [1.54, 1.807) is 12.1 Å². The number of rotatable bonds is 6. The molecule has 1 amide bonds. The van der Waals surface area contributed by atoms with E-state index in [2.05, 4.69) is 23.3 Å². The average Bonchev–Trinajstić information content (AvgIpc) is 3.27. The Morgan fingerprint density at radius 3 is 2.56 bits per heavy atom. The van der Waals surface area contributed by atoms with Gasteiger partial charge in [0, 0.05) is 47.8 Å². The number of nitriles is 1. The summed E-state index contributed by atoms with van der Waals surface area (Å²) < 4.78 is 7.33. The number of benzene rings is 2. The zero-order valence-electron chi connectivity index (χ0n) is 19.9. The van der Waals surface area contributed by atoms with Gasteiger partial charge in [0.1, 0.15) is 5.82 Å². The molecule has 7 nitrogen and oxygen atoms in total. The Balaban J connectivity index is 1.77. The van der Waals surface area contributed by atoms with Crippen LogP contribution in [0.4, 0.5) is 0 Å². The van der Waals surface area contributed by atoms with Gasteiger partial charge in [-0.25, -0.2) is 9.99 Å². The third-order valence-electron chi connectivity index (χ3n) is 5.69. The van der Waals surface area contributed by atoms with Gasteiger partial charge in [-0.2, -0.15) is 5.26 Å². The molecule has 0 saturated carbocycles. The summed E-state index contributed by atoms with van der Waals surface area (Å²) in [6.45, 7) is 4.34. The number of imidazole rings is 1. The predicted octanol–water partition coefficient (Wildman–Crippen LogP) is 5.04. The van der Waals surface area contributed by atoms with Gasteiger partial charge in [0.25, 0.3) is 5.91 Å². The molecule has 0 aliphatic carbocycles. The predicted molar refractivity (Wildman–Crippen MR) is 140 cm³/mol. The lowest BCUT2D eigenvalue weighted by atomic mass is 10.1. The molecular formula is C27H25Cl2N5O2. The van der Waals surface area contributed by atoms with Gasteiger partial charge >= 0.3 is 0 Å². The first kappa shape index (κ1) is 25.8. The zero-order valence-corrected chi connectivity index (χ0v) is 21.4. The number of nitrogens with one attached hydrogen (secondary N) is 1. The Labute approximate surface area is 220 Å². The maximum Gasteiger partial charge on any atom is 0.286 e. The minimum Gasteiger partial charge on any atom is -0.379 e. The molecule has 0 radical (unpaired) electrons. The Morgan fingerprint density at radius 2 is 1.89 bits per heavy atom. The Kier molecular flexibility index (Phi) is 8.64. The van der Waals surface area contributed by atoms with Crippen LogP contribution in [0.3, 0.4) is 0 Å². The van der Waals surface area contributed by atoms with Gasteiger partial charge < -0.3 is 4.74 Å². The van der Waals surface area contributed by atoms with Crippen LogP contribution in [0.2, 0.25) is 10.0 Å². The number of hydrogen-bond donors (Lipinski definition) is 1. The lowest BCUT2D eigenvalue weighted by Gasteiger charge is -2.26. The fourth-order valence-electron chi connectivity index (χ4n) is 3.94. The van der Waals surface area contributed by atoms with E-state index in [0.717, 1.165) is 16.9 Å². The fourth-order valence-corrected chi connectivity index (χ4v) is 4.43. The summed E-state index contributed by atoms with van der Waals surface area (Å²) >= 11 is 12.7. The van der Waals surface area contributed by atoms with Gasteiger partial charge in [-0.1, -0.05) is 42.0 Å². The van der Waals surface area contributed by atoms with Crippen molar-refractivity contribution in [1.82, 2.24) is 20.0 Å². The number of morpholine rings is 1. The number of hydrazine groups is 1. The number of nitrogens with zero attached hydrogens (tertiary/aromatic N) is 4. The van der Waals surface area contributed by atoms with Crippen molar-refractivity contribution in [2.75, 3.05) is 26.3 Å². The quantitative estimate of drug-likeness (QED) is 0.362.